The van der Waals surface area contributed by atoms with Gasteiger partial charge in [-0.05, 0) is 42.5 Å². The van der Waals surface area contributed by atoms with E-state index in [1.165, 1.54) is 4.90 Å². The Balaban J connectivity index is 1.59. The third-order valence-electron chi connectivity index (χ3n) is 4.31. The van der Waals surface area contributed by atoms with Crippen LogP contribution in [0.3, 0.4) is 0 Å². The van der Waals surface area contributed by atoms with Crippen molar-refractivity contribution in [2.45, 2.75) is 0 Å². The van der Waals surface area contributed by atoms with Crippen LogP contribution in [-0.2, 0) is 0 Å². The molecule has 0 saturated heterocycles. The van der Waals surface area contributed by atoms with Gasteiger partial charge in [0, 0.05) is 6.20 Å². The van der Waals surface area contributed by atoms with Crippen LogP contribution in [0.5, 0.6) is 0 Å². The lowest BCUT2D eigenvalue weighted by Gasteiger charge is -2.13. The fraction of sp³-hybridized carbons (Fsp3) is 0. The number of oxazole rings is 1. The molecule has 1 aliphatic heterocycles. The first-order chi connectivity index (χ1) is 12.7. The summed E-state index contributed by atoms with van der Waals surface area (Å²) in [5.41, 5.74) is 3.01. The first kappa shape index (κ1) is 14.5. The Hall–Kier alpha value is -3.80. The van der Waals surface area contributed by atoms with Crippen LogP contribution in [0.2, 0.25) is 0 Å². The van der Waals surface area contributed by atoms with E-state index in [9.17, 15) is 9.59 Å². The summed E-state index contributed by atoms with van der Waals surface area (Å²) in [6, 6.07) is 17.3. The summed E-state index contributed by atoms with van der Waals surface area (Å²) >= 11 is 0. The van der Waals surface area contributed by atoms with E-state index < -0.39 is 0 Å². The van der Waals surface area contributed by atoms with Crippen molar-refractivity contribution in [3.63, 3.8) is 0 Å². The maximum Gasteiger partial charge on any atom is 0.266 e. The van der Waals surface area contributed by atoms with Gasteiger partial charge in [0.25, 0.3) is 11.8 Å². The Bertz CT molecular complexity index is 1150. The highest BCUT2D eigenvalue weighted by Gasteiger charge is 2.36. The quantitative estimate of drug-likeness (QED) is 0.520. The topological polar surface area (TPSA) is 76.3 Å². The van der Waals surface area contributed by atoms with E-state index in [4.69, 9.17) is 4.42 Å². The highest BCUT2D eigenvalue weighted by molar-refractivity contribution is 6.34. The highest BCUT2D eigenvalue weighted by Crippen LogP contribution is 2.31. The average Bonchev–Trinajstić information content (AvgIpc) is 3.22. The summed E-state index contributed by atoms with van der Waals surface area (Å²) in [5.74, 6) is -0.281. The highest BCUT2D eigenvalue weighted by atomic mass is 16.3. The molecular weight excluding hydrogens is 330 g/mol. The first-order valence-electron chi connectivity index (χ1n) is 8.02. The Labute approximate surface area is 147 Å². The lowest BCUT2D eigenvalue weighted by Crippen LogP contribution is -2.29. The Morgan fingerprint density at radius 3 is 2.27 bits per heavy atom. The number of hydrogen-bond acceptors (Lipinski definition) is 5. The van der Waals surface area contributed by atoms with Crippen LogP contribution in [0, 0.1) is 0 Å². The molecule has 0 saturated carbocycles. The zero-order chi connectivity index (χ0) is 17.7. The number of pyridine rings is 1. The number of benzene rings is 2. The van der Waals surface area contributed by atoms with Gasteiger partial charge in [-0.3, -0.25) is 14.6 Å². The third kappa shape index (κ3) is 2.05. The monoisotopic (exact) mass is 341 g/mol. The maximum atomic E-state index is 12.6. The molecule has 0 aliphatic carbocycles. The number of anilines is 1. The van der Waals surface area contributed by atoms with Crippen molar-refractivity contribution in [3.05, 3.63) is 78.0 Å². The van der Waals surface area contributed by atoms with E-state index in [-0.39, 0.29) is 11.8 Å². The summed E-state index contributed by atoms with van der Waals surface area (Å²) in [4.78, 5) is 35.1. The van der Waals surface area contributed by atoms with E-state index in [2.05, 4.69) is 9.97 Å². The number of rotatable bonds is 2. The number of hydrogen-bond donors (Lipinski definition) is 0. The molecule has 0 atom stereocenters. The van der Waals surface area contributed by atoms with Gasteiger partial charge in [0.05, 0.1) is 16.8 Å². The van der Waals surface area contributed by atoms with Gasteiger partial charge >= 0.3 is 0 Å². The Morgan fingerprint density at radius 2 is 1.58 bits per heavy atom. The molecule has 124 valence electrons. The number of carbonyl (C=O) groups excluding carboxylic acids is 2. The minimum absolute atomic E-state index is 0.335. The average molecular weight is 341 g/mol. The van der Waals surface area contributed by atoms with Crippen LogP contribution in [0.4, 0.5) is 5.69 Å². The SMILES string of the molecule is O=C1c2ccccc2C(=O)N1c1ccc2oc(-c3ccccn3)nc2c1. The molecule has 0 unspecified atom stereocenters. The van der Waals surface area contributed by atoms with Crippen molar-refractivity contribution in [1.82, 2.24) is 9.97 Å². The fourth-order valence-corrected chi connectivity index (χ4v) is 3.08. The van der Waals surface area contributed by atoms with E-state index >= 15 is 0 Å². The van der Waals surface area contributed by atoms with Gasteiger partial charge in [-0.15, -0.1) is 0 Å². The molecule has 0 bridgehead atoms. The number of carbonyl (C=O) groups is 2. The summed E-state index contributed by atoms with van der Waals surface area (Å²) in [7, 11) is 0. The summed E-state index contributed by atoms with van der Waals surface area (Å²) in [6.45, 7) is 0. The molecule has 0 radical (unpaired) electrons. The number of fused-ring (bicyclic) bond motifs is 2. The maximum absolute atomic E-state index is 12.6. The predicted molar refractivity (Wildman–Crippen MR) is 94.8 cm³/mol. The van der Waals surface area contributed by atoms with Gasteiger partial charge in [0.2, 0.25) is 5.89 Å². The second-order valence-corrected chi connectivity index (χ2v) is 5.88. The largest absolute Gasteiger partial charge is 0.435 e. The molecule has 1 aliphatic rings. The Kier molecular flexibility index (Phi) is 2.99. The van der Waals surface area contributed by atoms with Crippen molar-refractivity contribution >= 4 is 28.6 Å². The summed E-state index contributed by atoms with van der Waals surface area (Å²) in [5, 5.41) is 0. The minimum Gasteiger partial charge on any atom is -0.435 e. The van der Waals surface area contributed by atoms with Crippen LogP contribution >= 0.6 is 0 Å². The van der Waals surface area contributed by atoms with Crippen molar-refractivity contribution in [2.75, 3.05) is 4.90 Å². The third-order valence-corrected chi connectivity index (χ3v) is 4.31. The van der Waals surface area contributed by atoms with Gasteiger partial charge in [0.15, 0.2) is 5.58 Å². The van der Waals surface area contributed by atoms with Crippen LogP contribution < -0.4 is 4.90 Å². The van der Waals surface area contributed by atoms with Crippen molar-refractivity contribution < 1.29 is 14.0 Å². The molecule has 2 aromatic carbocycles. The molecule has 6 heteroatoms. The normalized spacial score (nSPS) is 13.5. The predicted octanol–water partition coefficient (Wildman–Crippen LogP) is 3.69. The lowest BCUT2D eigenvalue weighted by atomic mass is 10.1. The van der Waals surface area contributed by atoms with Crippen molar-refractivity contribution in [2.24, 2.45) is 0 Å². The number of nitrogens with zero attached hydrogens (tertiary/aromatic N) is 3. The smallest absolute Gasteiger partial charge is 0.266 e. The molecular formula is C20H11N3O3. The zero-order valence-electron chi connectivity index (χ0n) is 13.4. The Morgan fingerprint density at radius 1 is 0.846 bits per heavy atom. The molecule has 0 spiro atoms. The molecule has 2 aromatic heterocycles. The standard InChI is InChI=1S/C20H11N3O3/c24-19-13-5-1-2-6-14(13)20(25)23(19)12-8-9-17-16(11-12)22-18(26-17)15-7-3-4-10-21-15/h1-11H. The number of amides is 2. The van der Waals surface area contributed by atoms with E-state index in [1.54, 1.807) is 54.7 Å². The molecule has 2 amide bonds. The molecule has 0 fully saturated rings. The van der Waals surface area contributed by atoms with Gasteiger partial charge in [-0.25, -0.2) is 9.88 Å². The minimum atomic E-state index is -0.335. The van der Waals surface area contributed by atoms with E-state index in [0.29, 0.717) is 39.5 Å². The second kappa shape index (κ2) is 5.35. The van der Waals surface area contributed by atoms with Gasteiger partial charge < -0.3 is 4.42 Å². The second-order valence-electron chi connectivity index (χ2n) is 5.88. The summed E-state index contributed by atoms with van der Waals surface area (Å²) < 4.78 is 5.73. The van der Waals surface area contributed by atoms with Crippen molar-refractivity contribution in [1.29, 1.82) is 0 Å². The van der Waals surface area contributed by atoms with Crippen molar-refractivity contribution in [3.8, 4) is 11.6 Å². The van der Waals surface area contributed by atoms with Gasteiger partial charge in [-0.1, -0.05) is 18.2 Å². The van der Waals surface area contributed by atoms with Crippen LogP contribution in [0.25, 0.3) is 22.7 Å². The van der Waals surface area contributed by atoms with E-state index in [1.807, 2.05) is 12.1 Å². The van der Waals surface area contributed by atoms with Gasteiger partial charge in [-0.2, -0.15) is 0 Å². The van der Waals surface area contributed by atoms with Crippen LogP contribution in [0.1, 0.15) is 20.7 Å². The molecule has 26 heavy (non-hydrogen) atoms. The summed E-state index contributed by atoms with van der Waals surface area (Å²) in [6.07, 6.45) is 1.66. The first-order valence-corrected chi connectivity index (χ1v) is 8.02. The van der Waals surface area contributed by atoms with E-state index in [0.717, 1.165) is 0 Å². The fourth-order valence-electron chi connectivity index (χ4n) is 3.08. The lowest BCUT2D eigenvalue weighted by molar-refractivity contribution is 0.0926. The van der Waals surface area contributed by atoms with Gasteiger partial charge in [0.1, 0.15) is 11.2 Å². The molecule has 5 rings (SSSR count). The molecule has 4 aromatic rings. The number of aromatic nitrogens is 2. The molecule has 0 N–H and O–H groups in total. The molecule has 3 heterocycles. The zero-order valence-corrected chi connectivity index (χ0v) is 13.4. The van der Waals surface area contributed by atoms with Crippen LogP contribution in [0.15, 0.2) is 71.3 Å². The van der Waals surface area contributed by atoms with Crippen LogP contribution in [-0.4, -0.2) is 21.8 Å². The molecule has 6 nitrogen and oxygen atoms in total. The number of imide groups is 1.